The van der Waals surface area contributed by atoms with E-state index in [9.17, 15) is 9.90 Å². The number of benzene rings is 2. The number of hydrogen-bond acceptors (Lipinski definition) is 3. The summed E-state index contributed by atoms with van der Waals surface area (Å²) in [5.74, 6) is -0.949. The van der Waals surface area contributed by atoms with Crippen molar-refractivity contribution < 1.29 is 9.90 Å². The van der Waals surface area contributed by atoms with Crippen LogP contribution in [0.1, 0.15) is 21.5 Å². The lowest BCUT2D eigenvalue weighted by Crippen LogP contribution is -2.05. The summed E-state index contributed by atoms with van der Waals surface area (Å²) >= 11 is 6.19. The normalized spacial score (nSPS) is 11.0. The summed E-state index contributed by atoms with van der Waals surface area (Å²) in [6, 6.07) is 17.2. The molecule has 5 heteroatoms. The molecule has 0 bridgehead atoms. The van der Waals surface area contributed by atoms with Crippen LogP contribution in [0.25, 0.3) is 33.3 Å². The number of carboxylic acids is 1. The first-order valence-corrected chi connectivity index (χ1v) is 9.19. The van der Waals surface area contributed by atoms with Gasteiger partial charge < -0.3 is 5.11 Å². The maximum atomic E-state index is 12.0. The van der Waals surface area contributed by atoms with Crippen molar-refractivity contribution in [3.05, 3.63) is 82.6 Å². The lowest BCUT2D eigenvalue weighted by Gasteiger charge is -2.13. The Morgan fingerprint density at radius 3 is 2.39 bits per heavy atom. The standard InChI is InChI=1S/C23H17ClN2O2/c1-13-5-10-19-18(12-13)20(23(27)28)14(2)21(26-19)16-8-6-15(7-9-16)17-4-3-11-25-22(17)24/h3-12H,1-2H3,(H,27,28). The van der Waals surface area contributed by atoms with Gasteiger partial charge in [-0.3, -0.25) is 0 Å². The quantitative estimate of drug-likeness (QED) is 0.441. The van der Waals surface area contributed by atoms with Crippen LogP contribution in [0.4, 0.5) is 0 Å². The van der Waals surface area contributed by atoms with E-state index in [1.54, 1.807) is 13.1 Å². The molecule has 4 nitrogen and oxygen atoms in total. The van der Waals surface area contributed by atoms with Crippen molar-refractivity contribution in [1.82, 2.24) is 9.97 Å². The number of hydrogen-bond donors (Lipinski definition) is 1. The molecule has 0 saturated heterocycles. The Bertz CT molecular complexity index is 1220. The summed E-state index contributed by atoms with van der Waals surface area (Å²) in [7, 11) is 0. The molecule has 0 aliphatic rings. The minimum Gasteiger partial charge on any atom is -0.478 e. The second-order valence-electron chi connectivity index (χ2n) is 6.71. The average molecular weight is 389 g/mol. The van der Waals surface area contributed by atoms with Crippen molar-refractivity contribution in [1.29, 1.82) is 0 Å². The molecule has 0 aliphatic carbocycles. The zero-order valence-corrected chi connectivity index (χ0v) is 16.2. The van der Waals surface area contributed by atoms with Gasteiger partial charge in [0.25, 0.3) is 0 Å². The molecule has 0 amide bonds. The lowest BCUT2D eigenvalue weighted by atomic mass is 9.96. The predicted octanol–water partition coefficient (Wildman–Crippen LogP) is 5.93. The van der Waals surface area contributed by atoms with E-state index in [1.807, 2.05) is 61.5 Å². The predicted molar refractivity (Wildman–Crippen MR) is 112 cm³/mol. The molecule has 0 unspecified atom stereocenters. The Morgan fingerprint density at radius 2 is 1.71 bits per heavy atom. The summed E-state index contributed by atoms with van der Waals surface area (Å²) < 4.78 is 0. The molecule has 138 valence electrons. The Hall–Kier alpha value is -3.24. The van der Waals surface area contributed by atoms with Gasteiger partial charge in [0, 0.05) is 22.7 Å². The molecular formula is C23H17ClN2O2. The first-order chi connectivity index (χ1) is 13.5. The minimum atomic E-state index is -0.949. The Kier molecular flexibility index (Phi) is 4.57. The number of rotatable bonds is 3. The molecule has 0 radical (unpaired) electrons. The second-order valence-corrected chi connectivity index (χ2v) is 7.06. The second kappa shape index (κ2) is 7.06. The number of fused-ring (bicyclic) bond motifs is 1. The number of aromatic nitrogens is 2. The van der Waals surface area contributed by atoms with Crippen molar-refractivity contribution in [2.45, 2.75) is 13.8 Å². The highest BCUT2D eigenvalue weighted by Gasteiger charge is 2.18. The molecule has 0 atom stereocenters. The van der Waals surface area contributed by atoms with Crippen LogP contribution >= 0.6 is 11.6 Å². The Morgan fingerprint density at radius 1 is 1.00 bits per heavy atom. The zero-order valence-electron chi connectivity index (χ0n) is 15.4. The van der Waals surface area contributed by atoms with Crippen molar-refractivity contribution in [3.8, 4) is 22.4 Å². The highest BCUT2D eigenvalue weighted by Crippen LogP contribution is 2.32. The molecule has 2 aromatic carbocycles. The zero-order chi connectivity index (χ0) is 19.8. The van der Waals surface area contributed by atoms with E-state index in [4.69, 9.17) is 16.6 Å². The molecule has 2 aromatic heterocycles. The van der Waals surface area contributed by atoms with E-state index in [0.717, 1.165) is 22.3 Å². The number of aromatic carboxylic acids is 1. The lowest BCUT2D eigenvalue weighted by molar-refractivity contribution is 0.0698. The fourth-order valence-corrected chi connectivity index (χ4v) is 3.67. The summed E-state index contributed by atoms with van der Waals surface area (Å²) in [5, 5.41) is 10.9. The molecule has 28 heavy (non-hydrogen) atoms. The first-order valence-electron chi connectivity index (χ1n) is 8.81. The summed E-state index contributed by atoms with van der Waals surface area (Å²) in [4.78, 5) is 20.8. The van der Waals surface area contributed by atoms with Gasteiger partial charge in [-0.25, -0.2) is 14.8 Å². The SMILES string of the molecule is Cc1ccc2nc(-c3ccc(-c4cccnc4Cl)cc3)c(C)c(C(=O)O)c2c1. The van der Waals surface area contributed by atoms with Crippen molar-refractivity contribution in [2.24, 2.45) is 0 Å². The number of halogens is 1. The van der Waals surface area contributed by atoms with E-state index < -0.39 is 5.97 Å². The van der Waals surface area contributed by atoms with Gasteiger partial charge in [-0.15, -0.1) is 0 Å². The van der Waals surface area contributed by atoms with E-state index in [0.29, 0.717) is 32.9 Å². The minimum absolute atomic E-state index is 0.295. The van der Waals surface area contributed by atoms with Gasteiger partial charge in [-0.2, -0.15) is 0 Å². The largest absolute Gasteiger partial charge is 0.478 e. The topological polar surface area (TPSA) is 63.1 Å². The molecule has 0 aliphatic heterocycles. The van der Waals surface area contributed by atoms with Crippen LogP contribution in [-0.2, 0) is 0 Å². The fraction of sp³-hybridized carbons (Fsp3) is 0.0870. The van der Waals surface area contributed by atoms with Crippen LogP contribution in [0.3, 0.4) is 0 Å². The van der Waals surface area contributed by atoms with Gasteiger partial charge in [0.2, 0.25) is 0 Å². The van der Waals surface area contributed by atoms with Gasteiger partial charge in [0.05, 0.1) is 16.8 Å². The van der Waals surface area contributed by atoms with Gasteiger partial charge in [-0.05, 0) is 49.2 Å². The third kappa shape index (κ3) is 3.12. The van der Waals surface area contributed by atoms with Crippen LogP contribution in [0.2, 0.25) is 5.15 Å². The smallest absolute Gasteiger partial charge is 0.336 e. The molecular weight excluding hydrogens is 372 g/mol. The fourth-order valence-electron chi connectivity index (χ4n) is 3.44. The molecule has 0 saturated carbocycles. The number of carbonyl (C=O) groups is 1. The van der Waals surface area contributed by atoms with E-state index in [-0.39, 0.29) is 0 Å². The number of aryl methyl sites for hydroxylation is 1. The molecule has 4 aromatic rings. The van der Waals surface area contributed by atoms with Gasteiger partial charge in [0.1, 0.15) is 5.15 Å². The van der Waals surface area contributed by atoms with Crippen LogP contribution in [0, 0.1) is 13.8 Å². The van der Waals surface area contributed by atoms with Crippen LogP contribution < -0.4 is 0 Å². The number of pyridine rings is 2. The molecule has 0 spiro atoms. The van der Waals surface area contributed by atoms with Crippen LogP contribution in [0.15, 0.2) is 60.8 Å². The summed E-state index contributed by atoms with van der Waals surface area (Å²) in [6.07, 6.45) is 1.65. The monoisotopic (exact) mass is 388 g/mol. The molecule has 0 fully saturated rings. The molecule has 2 heterocycles. The Balaban J connectivity index is 1.88. The third-order valence-electron chi connectivity index (χ3n) is 4.83. The third-order valence-corrected chi connectivity index (χ3v) is 5.13. The number of carboxylic acid groups (broad SMARTS) is 1. The highest BCUT2D eigenvalue weighted by atomic mass is 35.5. The van der Waals surface area contributed by atoms with Gasteiger partial charge >= 0.3 is 5.97 Å². The highest BCUT2D eigenvalue weighted by molar-refractivity contribution is 6.32. The maximum absolute atomic E-state index is 12.0. The van der Waals surface area contributed by atoms with Gasteiger partial charge in [-0.1, -0.05) is 47.5 Å². The van der Waals surface area contributed by atoms with Crippen molar-refractivity contribution in [2.75, 3.05) is 0 Å². The van der Waals surface area contributed by atoms with E-state index >= 15 is 0 Å². The Labute approximate surface area is 167 Å². The summed E-state index contributed by atoms with van der Waals surface area (Å²) in [5.41, 5.74) is 5.92. The van der Waals surface area contributed by atoms with E-state index in [2.05, 4.69) is 4.98 Å². The maximum Gasteiger partial charge on any atom is 0.336 e. The summed E-state index contributed by atoms with van der Waals surface area (Å²) in [6.45, 7) is 3.75. The molecule has 4 rings (SSSR count). The molecule has 1 N–H and O–H groups in total. The number of nitrogens with zero attached hydrogens (tertiary/aromatic N) is 2. The van der Waals surface area contributed by atoms with Gasteiger partial charge in [0.15, 0.2) is 0 Å². The van der Waals surface area contributed by atoms with E-state index in [1.165, 1.54) is 0 Å². The van der Waals surface area contributed by atoms with Crippen molar-refractivity contribution in [3.63, 3.8) is 0 Å². The van der Waals surface area contributed by atoms with Crippen molar-refractivity contribution >= 4 is 28.5 Å². The average Bonchev–Trinajstić information content (AvgIpc) is 2.68. The first kappa shape index (κ1) is 18.1. The van der Waals surface area contributed by atoms with Crippen LogP contribution in [-0.4, -0.2) is 21.0 Å². The van der Waals surface area contributed by atoms with Crippen LogP contribution in [0.5, 0.6) is 0 Å².